The maximum Gasteiger partial charge on any atom is 0.271 e. The number of carbonyl (C=O) groups is 2. The van der Waals surface area contributed by atoms with Crippen molar-refractivity contribution in [2.24, 2.45) is 17.8 Å². The first-order valence-corrected chi connectivity index (χ1v) is 13.2. The van der Waals surface area contributed by atoms with Crippen LogP contribution in [0.3, 0.4) is 0 Å². The molecule has 2 fully saturated rings. The molecule has 2 saturated heterocycles. The number of phenols is 1. The van der Waals surface area contributed by atoms with E-state index in [9.17, 15) is 24.8 Å². The number of anilines is 1. The van der Waals surface area contributed by atoms with Crippen molar-refractivity contribution in [2.45, 2.75) is 32.3 Å². The van der Waals surface area contributed by atoms with E-state index < -0.39 is 16.8 Å². The van der Waals surface area contributed by atoms with Gasteiger partial charge in [-0.3, -0.25) is 19.7 Å². The van der Waals surface area contributed by atoms with Gasteiger partial charge in [0.1, 0.15) is 5.75 Å². The molecule has 2 heterocycles. The van der Waals surface area contributed by atoms with E-state index in [1.807, 2.05) is 13.0 Å². The molecule has 4 atom stereocenters. The van der Waals surface area contributed by atoms with Gasteiger partial charge >= 0.3 is 0 Å². The molecule has 3 aliphatic rings. The Morgan fingerprint density at radius 3 is 2.74 bits per heavy atom. The fourth-order valence-corrected chi connectivity index (χ4v) is 6.34. The lowest BCUT2D eigenvalue weighted by Gasteiger charge is -2.31. The number of methoxy groups -OCH3 is 1. The molecule has 5 rings (SSSR count). The van der Waals surface area contributed by atoms with E-state index in [1.54, 1.807) is 25.3 Å². The Kier molecular flexibility index (Phi) is 7.57. The zero-order valence-electron chi connectivity index (χ0n) is 21.6. The molecular formula is C29H29ClN2O7. The van der Waals surface area contributed by atoms with Crippen LogP contribution >= 0.6 is 11.6 Å². The minimum atomic E-state index is -0.579. The third-order valence-corrected chi connectivity index (χ3v) is 8.14. The monoisotopic (exact) mass is 552 g/mol. The van der Waals surface area contributed by atoms with Gasteiger partial charge in [-0.2, -0.15) is 0 Å². The summed E-state index contributed by atoms with van der Waals surface area (Å²) in [5.74, 6) is -1.97. The van der Waals surface area contributed by atoms with E-state index in [2.05, 4.69) is 0 Å². The van der Waals surface area contributed by atoms with E-state index in [-0.39, 0.29) is 41.0 Å². The summed E-state index contributed by atoms with van der Waals surface area (Å²) in [7, 11) is 1.60. The van der Waals surface area contributed by atoms with Gasteiger partial charge in [-0.15, -0.1) is 0 Å². The van der Waals surface area contributed by atoms with Crippen molar-refractivity contribution < 1.29 is 29.1 Å². The number of halogens is 1. The van der Waals surface area contributed by atoms with Crippen molar-refractivity contribution >= 4 is 40.9 Å². The van der Waals surface area contributed by atoms with Crippen LogP contribution in [0.1, 0.15) is 31.7 Å². The van der Waals surface area contributed by atoms with E-state index in [0.717, 1.165) is 33.6 Å². The van der Waals surface area contributed by atoms with Crippen LogP contribution in [0.15, 0.2) is 59.2 Å². The summed E-state index contributed by atoms with van der Waals surface area (Å²) in [5.41, 5.74) is 3.96. The van der Waals surface area contributed by atoms with Crippen molar-refractivity contribution in [1.29, 1.82) is 0 Å². The second kappa shape index (κ2) is 10.9. The first kappa shape index (κ1) is 27.1. The standard InChI is InChI=1S/C29H29ClN2O7/c1-16(10-17-7-8-21(33)13-24(17)30)6-9-25-26-18(14-38-2)11-22-27(23(26)15-39-25)29(35)31(28(22)34)19-4-3-5-20(12-19)32(36)37/h3-5,7-8,10,12-13,22-23,25,27,33H,6,9,11,14-15H2,1-2H3/b16-10+/t22-,23+,25-,27-/m1/s1. The number of nitrogens with zero attached hydrogens (tertiary/aromatic N) is 2. The maximum atomic E-state index is 13.7. The Hall–Kier alpha value is -3.53. The Morgan fingerprint density at radius 2 is 2.03 bits per heavy atom. The first-order chi connectivity index (χ1) is 18.7. The first-order valence-electron chi connectivity index (χ1n) is 12.8. The summed E-state index contributed by atoms with van der Waals surface area (Å²) < 4.78 is 11.7. The molecule has 0 bridgehead atoms. The van der Waals surface area contributed by atoms with Crippen molar-refractivity contribution in [3.05, 3.63) is 79.9 Å². The molecule has 204 valence electrons. The number of imide groups is 1. The van der Waals surface area contributed by atoms with Gasteiger partial charge in [-0.05, 0) is 67.2 Å². The molecule has 9 nitrogen and oxygen atoms in total. The highest BCUT2D eigenvalue weighted by molar-refractivity contribution is 6.32. The minimum absolute atomic E-state index is 0.109. The van der Waals surface area contributed by atoms with Crippen LogP contribution in [-0.4, -0.2) is 48.3 Å². The summed E-state index contributed by atoms with van der Waals surface area (Å²) in [5, 5.41) is 21.3. The minimum Gasteiger partial charge on any atom is -0.508 e. The third-order valence-electron chi connectivity index (χ3n) is 7.81. The molecule has 1 aliphatic carbocycles. The molecule has 2 amide bonds. The average Bonchev–Trinajstić information content (AvgIpc) is 3.43. The van der Waals surface area contributed by atoms with Gasteiger partial charge in [-0.25, -0.2) is 4.90 Å². The smallest absolute Gasteiger partial charge is 0.271 e. The average molecular weight is 553 g/mol. The number of ether oxygens (including phenoxy) is 2. The number of hydrogen-bond acceptors (Lipinski definition) is 7. The lowest BCUT2D eigenvalue weighted by atomic mass is 9.69. The van der Waals surface area contributed by atoms with Crippen LogP contribution in [0.25, 0.3) is 6.08 Å². The molecule has 2 aromatic rings. The predicted octanol–water partition coefficient (Wildman–Crippen LogP) is 5.30. The van der Waals surface area contributed by atoms with Crippen LogP contribution in [0, 0.1) is 27.9 Å². The lowest BCUT2D eigenvalue weighted by Crippen LogP contribution is -2.35. The van der Waals surface area contributed by atoms with E-state index >= 15 is 0 Å². The molecule has 0 spiro atoms. The van der Waals surface area contributed by atoms with Gasteiger partial charge in [0, 0.05) is 25.2 Å². The Labute approximate surface area is 230 Å². The zero-order chi connectivity index (χ0) is 27.8. The number of fused-ring (bicyclic) bond motifs is 3. The number of aromatic hydroxyl groups is 1. The highest BCUT2D eigenvalue weighted by Crippen LogP contribution is 2.50. The third kappa shape index (κ3) is 5.09. The molecule has 2 aliphatic heterocycles. The van der Waals surface area contributed by atoms with Crippen molar-refractivity contribution in [3.8, 4) is 5.75 Å². The second-order valence-electron chi connectivity index (χ2n) is 10.3. The van der Waals surface area contributed by atoms with Crippen LogP contribution in [0.4, 0.5) is 11.4 Å². The summed E-state index contributed by atoms with van der Waals surface area (Å²) >= 11 is 6.26. The zero-order valence-corrected chi connectivity index (χ0v) is 22.4. The number of carbonyl (C=O) groups excluding carboxylic acids is 2. The fourth-order valence-electron chi connectivity index (χ4n) is 6.11. The van der Waals surface area contributed by atoms with Crippen LogP contribution < -0.4 is 4.90 Å². The largest absolute Gasteiger partial charge is 0.508 e. The number of phenolic OH excluding ortho intramolecular Hbond substituents is 1. The molecule has 10 heteroatoms. The topological polar surface area (TPSA) is 119 Å². The number of nitro groups is 1. The number of non-ortho nitro benzene ring substituents is 1. The van der Waals surface area contributed by atoms with Crippen molar-refractivity contribution in [2.75, 3.05) is 25.2 Å². The maximum absolute atomic E-state index is 13.7. The van der Waals surface area contributed by atoms with Crippen LogP contribution in [0.2, 0.25) is 5.02 Å². The highest BCUT2D eigenvalue weighted by Gasteiger charge is 2.57. The number of benzene rings is 2. The number of nitro benzene ring substituents is 1. The van der Waals surface area contributed by atoms with Gasteiger partial charge < -0.3 is 14.6 Å². The number of hydrogen-bond donors (Lipinski definition) is 1. The Morgan fingerprint density at radius 1 is 1.23 bits per heavy atom. The molecule has 2 aromatic carbocycles. The normalized spacial score (nSPS) is 24.8. The van der Waals surface area contributed by atoms with E-state index in [4.69, 9.17) is 21.1 Å². The Balaban J connectivity index is 1.38. The molecule has 0 unspecified atom stereocenters. The fraction of sp³-hybridized carbons (Fsp3) is 0.379. The van der Waals surface area contributed by atoms with Gasteiger partial charge in [0.25, 0.3) is 5.69 Å². The van der Waals surface area contributed by atoms with Gasteiger partial charge in [0.05, 0.1) is 46.8 Å². The number of allylic oxidation sites excluding steroid dienone is 1. The van der Waals surface area contributed by atoms with Crippen molar-refractivity contribution in [3.63, 3.8) is 0 Å². The summed E-state index contributed by atoms with van der Waals surface area (Å²) in [6.07, 6.45) is 3.56. The molecule has 0 saturated carbocycles. The molecule has 0 radical (unpaired) electrons. The van der Waals surface area contributed by atoms with E-state index in [0.29, 0.717) is 31.1 Å². The summed E-state index contributed by atoms with van der Waals surface area (Å²) in [6, 6.07) is 10.5. The number of amides is 2. The number of rotatable bonds is 8. The predicted molar refractivity (Wildman–Crippen MR) is 145 cm³/mol. The molecule has 1 N–H and O–H groups in total. The summed E-state index contributed by atoms with van der Waals surface area (Å²) in [6.45, 7) is 2.67. The SMILES string of the molecule is COCC1=C2[C@@H](CC/C(C)=C/c3ccc(O)cc3Cl)OC[C@@H]2[C@@H]2C(=O)N(c3cccc([N+](=O)[O-])c3)C(=O)[C@@H]2C1. The molecule has 39 heavy (non-hydrogen) atoms. The molecular weight excluding hydrogens is 524 g/mol. The van der Waals surface area contributed by atoms with Gasteiger partial charge in [0.2, 0.25) is 11.8 Å². The second-order valence-corrected chi connectivity index (χ2v) is 10.7. The highest BCUT2D eigenvalue weighted by atomic mass is 35.5. The quantitative estimate of drug-likeness (QED) is 0.204. The van der Waals surface area contributed by atoms with Gasteiger partial charge in [0.15, 0.2) is 0 Å². The van der Waals surface area contributed by atoms with Crippen LogP contribution in [-0.2, 0) is 19.1 Å². The van der Waals surface area contributed by atoms with Crippen molar-refractivity contribution in [1.82, 2.24) is 0 Å². The molecule has 0 aromatic heterocycles. The Bertz CT molecular complexity index is 1400. The lowest BCUT2D eigenvalue weighted by molar-refractivity contribution is -0.384. The van der Waals surface area contributed by atoms with Gasteiger partial charge in [-0.1, -0.05) is 29.3 Å². The summed E-state index contributed by atoms with van der Waals surface area (Å²) in [4.78, 5) is 39.0. The van der Waals surface area contributed by atoms with E-state index in [1.165, 1.54) is 24.3 Å². The van der Waals surface area contributed by atoms with Crippen LogP contribution in [0.5, 0.6) is 5.75 Å².